The van der Waals surface area contributed by atoms with Crippen molar-refractivity contribution < 1.29 is 9.47 Å². The van der Waals surface area contributed by atoms with E-state index in [1.165, 1.54) is 141 Å². The predicted molar refractivity (Wildman–Crippen MR) is 207 cm³/mol. The third kappa shape index (κ3) is 39.0. The minimum absolute atomic E-state index is 0.511. The molecule has 0 aliphatic rings. The van der Waals surface area contributed by atoms with Crippen LogP contribution in [-0.2, 0) is 9.47 Å². The molecule has 0 saturated heterocycles. The molecule has 270 valence electrons. The Morgan fingerprint density at radius 3 is 1.15 bits per heavy atom. The summed E-state index contributed by atoms with van der Waals surface area (Å²) in [5.74, 6) is 0.511. The summed E-state index contributed by atoms with van der Waals surface area (Å²) in [5.41, 5.74) is 0. The van der Waals surface area contributed by atoms with Crippen molar-refractivity contribution in [2.24, 2.45) is 5.92 Å². The van der Waals surface area contributed by atoms with Crippen LogP contribution in [0.15, 0.2) is 48.6 Å². The molecule has 46 heavy (non-hydrogen) atoms. The normalized spacial score (nSPS) is 12.6. The van der Waals surface area contributed by atoms with Crippen LogP contribution in [0.5, 0.6) is 0 Å². The fourth-order valence-electron chi connectivity index (χ4n) is 5.54. The van der Waals surface area contributed by atoms with E-state index >= 15 is 0 Å². The van der Waals surface area contributed by atoms with Gasteiger partial charge >= 0.3 is 0 Å². The summed E-state index contributed by atoms with van der Waals surface area (Å²) in [6, 6.07) is 0. The zero-order valence-electron chi connectivity index (χ0n) is 31.7. The largest absolute Gasteiger partial charge is 0.381 e. The number of nitrogens with zero attached hydrogens (tertiary/aromatic N) is 1. The first-order valence-corrected chi connectivity index (χ1v) is 20.1. The molecule has 0 heterocycles. The van der Waals surface area contributed by atoms with E-state index < -0.39 is 0 Å². The number of ether oxygens (including phenoxy) is 2. The highest BCUT2D eigenvalue weighted by atomic mass is 16.5. The summed E-state index contributed by atoms with van der Waals surface area (Å²) in [6.07, 6.45) is 50.9. The molecule has 3 nitrogen and oxygen atoms in total. The van der Waals surface area contributed by atoms with Gasteiger partial charge in [0, 0.05) is 19.1 Å². The zero-order chi connectivity index (χ0) is 33.4. The summed E-state index contributed by atoms with van der Waals surface area (Å²) in [5, 5.41) is 0. The van der Waals surface area contributed by atoms with E-state index in [1.54, 1.807) is 0 Å². The van der Waals surface area contributed by atoms with E-state index in [0.29, 0.717) is 5.92 Å². The van der Waals surface area contributed by atoms with E-state index in [-0.39, 0.29) is 0 Å². The molecule has 0 atom stereocenters. The Labute approximate surface area is 289 Å². The van der Waals surface area contributed by atoms with Gasteiger partial charge in [-0.3, -0.25) is 0 Å². The van der Waals surface area contributed by atoms with Gasteiger partial charge in [0.2, 0.25) is 0 Å². The molecule has 0 N–H and O–H groups in total. The molecule has 0 radical (unpaired) electrons. The molecule has 0 aliphatic carbocycles. The fourth-order valence-corrected chi connectivity index (χ4v) is 5.54. The van der Waals surface area contributed by atoms with Crippen LogP contribution in [0.4, 0.5) is 0 Å². The first-order valence-electron chi connectivity index (χ1n) is 20.1. The van der Waals surface area contributed by atoms with E-state index in [1.807, 2.05) is 0 Å². The standard InChI is InChI=1S/C43H81NO2/c1-5-7-9-11-13-15-17-19-21-23-25-27-29-31-33-35-39-45-41-43(37-38-44(3)4)42-46-40-36-34-32-30-28-26-24-22-20-18-16-14-12-10-8-6-2/h13-16,19-22,43H,5-12,17-18,23-42H2,1-4H3/b15-13-,16-14-,21-19-,22-20-. The minimum atomic E-state index is 0.511. The van der Waals surface area contributed by atoms with Crippen molar-refractivity contribution >= 4 is 0 Å². The monoisotopic (exact) mass is 644 g/mol. The van der Waals surface area contributed by atoms with Gasteiger partial charge in [0.25, 0.3) is 0 Å². The second kappa shape index (κ2) is 40.0. The Balaban J connectivity index is 3.64. The van der Waals surface area contributed by atoms with Crippen molar-refractivity contribution in [1.29, 1.82) is 0 Å². The molecule has 0 rings (SSSR count). The van der Waals surface area contributed by atoms with Gasteiger partial charge < -0.3 is 14.4 Å². The average molecular weight is 644 g/mol. The van der Waals surface area contributed by atoms with Gasteiger partial charge in [-0.1, -0.05) is 140 Å². The van der Waals surface area contributed by atoms with Crippen LogP contribution in [-0.4, -0.2) is 52.0 Å². The van der Waals surface area contributed by atoms with Crippen LogP contribution >= 0.6 is 0 Å². The molecule has 0 bridgehead atoms. The topological polar surface area (TPSA) is 21.7 Å². The van der Waals surface area contributed by atoms with E-state index in [9.17, 15) is 0 Å². The second-order valence-corrected chi connectivity index (χ2v) is 13.8. The summed E-state index contributed by atoms with van der Waals surface area (Å²) >= 11 is 0. The smallest absolute Gasteiger partial charge is 0.0516 e. The zero-order valence-corrected chi connectivity index (χ0v) is 31.7. The quantitative estimate of drug-likeness (QED) is 0.0496. The SMILES string of the molecule is CCCCC/C=C\C/C=C\CCCCCCCCOCC(CCN(C)C)COCCCCCCCC/C=C\C/C=C\CCCCC. The molecular formula is C43H81NO2. The summed E-state index contributed by atoms with van der Waals surface area (Å²) in [4.78, 5) is 2.28. The van der Waals surface area contributed by atoms with Gasteiger partial charge in [-0.25, -0.2) is 0 Å². The van der Waals surface area contributed by atoms with Crippen molar-refractivity contribution in [1.82, 2.24) is 4.90 Å². The Morgan fingerprint density at radius 1 is 0.435 bits per heavy atom. The molecule has 0 aromatic rings. The molecule has 0 amide bonds. The van der Waals surface area contributed by atoms with Gasteiger partial charge in [-0.15, -0.1) is 0 Å². The van der Waals surface area contributed by atoms with E-state index in [0.717, 1.165) is 52.2 Å². The highest BCUT2D eigenvalue weighted by molar-refractivity contribution is 4.93. The first-order chi connectivity index (χ1) is 22.7. The van der Waals surface area contributed by atoms with Crippen molar-refractivity contribution in [2.45, 2.75) is 174 Å². The molecule has 0 aromatic carbocycles. The third-order valence-corrected chi connectivity index (χ3v) is 8.67. The lowest BCUT2D eigenvalue weighted by Gasteiger charge is -2.19. The maximum atomic E-state index is 6.11. The third-order valence-electron chi connectivity index (χ3n) is 8.67. The van der Waals surface area contributed by atoms with Crippen molar-refractivity contribution in [2.75, 3.05) is 47.1 Å². The van der Waals surface area contributed by atoms with Crippen LogP contribution < -0.4 is 0 Å². The highest BCUT2D eigenvalue weighted by Gasteiger charge is 2.10. The number of hydrogen-bond donors (Lipinski definition) is 0. The Hall–Kier alpha value is -1.16. The molecule has 0 spiro atoms. The molecule has 0 fully saturated rings. The van der Waals surface area contributed by atoms with Gasteiger partial charge in [-0.05, 0) is 104 Å². The van der Waals surface area contributed by atoms with Gasteiger partial charge in [0.15, 0.2) is 0 Å². The van der Waals surface area contributed by atoms with E-state index in [4.69, 9.17) is 9.47 Å². The Kier molecular flexibility index (Phi) is 39.0. The number of hydrogen-bond acceptors (Lipinski definition) is 3. The highest BCUT2D eigenvalue weighted by Crippen LogP contribution is 2.12. The van der Waals surface area contributed by atoms with Crippen LogP contribution in [0.2, 0.25) is 0 Å². The predicted octanol–water partition coefficient (Wildman–Crippen LogP) is 13.2. The molecule has 0 aromatic heterocycles. The van der Waals surface area contributed by atoms with Crippen molar-refractivity contribution in [3.05, 3.63) is 48.6 Å². The molecule has 0 aliphatic heterocycles. The van der Waals surface area contributed by atoms with Crippen LogP contribution in [0.25, 0.3) is 0 Å². The first kappa shape index (κ1) is 44.8. The lowest BCUT2D eigenvalue weighted by molar-refractivity contribution is 0.0313. The Morgan fingerprint density at radius 2 is 0.783 bits per heavy atom. The molecule has 0 saturated carbocycles. The summed E-state index contributed by atoms with van der Waals surface area (Å²) < 4.78 is 12.2. The van der Waals surface area contributed by atoms with Crippen molar-refractivity contribution in [3.8, 4) is 0 Å². The van der Waals surface area contributed by atoms with Crippen molar-refractivity contribution in [3.63, 3.8) is 0 Å². The Bertz CT molecular complexity index is 628. The molecular weight excluding hydrogens is 562 g/mol. The van der Waals surface area contributed by atoms with Gasteiger partial charge in [-0.2, -0.15) is 0 Å². The lowest BCUT2D eigenvalue weighted by atomic mass is 10.1. The average Bonchev–Trinajstić information content (AvgIpc) is 3.05. The lowest BCUT2D eigenvalue weighted by Crippen LogP contribution is -2.23. The van der Waals surface area contributed by atoms with E-state index in [2.05, 4.69) is 81.5 Å². The molecule has 0 unspecified atom stereocenters. The van der Waals surface area contributed by atoms with Crippen LogP contribution in [0, 0.1) is 5.92 Å². The summed E-state index contributed by atoms with van der Waals surface area (Å²) in [6.45, 7) is 9.13. The minimum Gasteiger partial charge on any atom is -0.381 e. The maximum Gasteiger partial charge on any atom is 0.0516 e. The van der Waals surface area contributed by atoms with Gasteiger partial charge in [0.1, 0.15) is 0 Å². The fraction of sp³-hybridized carbons (Fsp3) is 0.814. The van der Waals surface area contributed by atoms with Crippen LogP contribution in [0.1, 0.15) is 174 Å². The maximum absolute atomic E-state index is 6.11. The second-order valence-electron chi connectivity index (χ2n) is 13.8. The number of rotatable bonds is 37. The number of unbranched alkanes of at least 4 members (excludes halogenated alkanes) is 18. The summed E-state index contributed by atoms with van der Waals surface area (Å²) in [7, 11) is 4.32. The number of allylic oxidation sites excluding steroid dienone is 8. The molecule has 3 heteroatoms. The van der Waals surface area contributed by atoms with Gasteiger partial charge in [0.05, 0.1) is 13.2 Å². The van der Waals surface area contributed by atoms with Crippen LogP contribution in [0.3, 0.4) is 0 Å².